The van der Waals surface area contributed by atoms with Crippen molar-refractivity contribution >= 4 is 22.6 Å². The second kappa shape index (κ2) is 5.48. The van der Waals surface area contributed by atoms with Crippen LogP contribution in [-0.2, 0) is 4.74 Å². The van der Waals surface area contributed by atoms with Crippen molar-refractivity contribution in [3.8, 4) is 0 Å². The summed E-state index contributed by atoms with van der Waals surface area (Å²) >= 11 is 1.52. The molecule has 20 heavy (non-hydrogen) atoms. The Hall–Kier alpha value is -0.880. The third-order valence-electron chi connectivity index (χ3n) is 4.79. The van der Waals surface area contributed by atoms with Gasteiger partial charge in [0.2, 0.25) is 11.1 Å². The van der Waals surface area contributed by atoms with Crippen molar-refractivity contribution in [1.29, 1.82) is 0 Å². The van der Waals surface area contributed by atoms with E-state index in [1.807, 2.05) is 26.1 Å². The lowest BCUT2D eigenvalue weighted by molar-refractivity contribution is 0.00227. The van der Waals surface area contributed by atoms with Crippen LogP contribution in [0.5, 0.6) is 0 Å². The van der Waals surface area contributed by atoms with Gasteiger partial charge in [0.25, 0.3) is 0 Å². The highest BCUT2D eigenvalue weighted by Gasteiger charge is 2.46. The zero-order valence-corrected chi connectivity index (χ0v) is 13.4. The number of methoxy groups -OCH3 is 1. The first-order chi connectivity index (χ1) is 9.64. The molecule has 0 N–H and O–H groups in total. The van der Waals surface area contributed by atoms with Gasteiger partial charge in [-0.2, -0.15) is 9.36 Å². The summed E-state index contributed by atoms with van der Waals surface area (Å²) in [6, 6.07) is 0. The van der Waals surface area contributed by atoms with Crippen molar-refractivity contribution in [3.05, 3.63) is 0 Å². The van der Waals surface area contributed by atoms with Crippen molar-refractivity contribution < 1.29 is 4.74 Å². The van der Waals surface area contributed by atoms with Crippen LogP contribution in [-0.4, -0.2) is 49.8 Å². The lowest BCUT2D eigenvalue weighted by Crippen LogP contribution is -2.47. The van der Waals surface area contributed by atoms with Crippen molar-refractivity contribution in [2.45, 2.75) is 38.2 Å². The molecule has 2 heterocycles. The average Bonchev–Trinajstić information content (AvgIpc) is 3.06. The largest absolute Gasteiger partial charge is 0.381 e. The molecule has 5 nitrogen and oxygen atoms in total. The lowest BCUT2D eigenvalue weighted by atomic mass is 9.77. The lowest BCUT2D eigenvalue weighted by Gasteiger charge is -2.43. The van der Waals surface area contributed by atoms with Gasteiger partial charge in [-0.25, -0.2) is 0 Å². The van der Waals surface area contributed by atoms with E-state index < -0.39 is 0 Å². The molecule has 1 aliphatic heterocycles. The summed E-state index contributed by atoms with van der Waals surface area (Å²) < 4.78 is 10.2. The molecule has 6 heteroatoms. The molecule has 2 fully saturated rings. The molecule has 0 radical (unpaired) electrons. The van der Waals surface area contributed by atoms with E-state index in [1.165, 1.54) is 43.6 Å². The van der Waals surface area contributed by atoms with Crippen LogP contribution < -0.4 is 9.80 Å². The van der Waals surface area contributed by atoms with E-state index in [4.69, 9.17) is 4.74 Å². The summed E-state index contributed by atoms with van der Waals surface area (Å²) in [4.78, 5) is 9.04. The first-order valence-corrected chi connectivity index (χ1v) is 8.21. The maximum Gasteiger partial charge on any atom is 0.238 e. The molecule has 2 atom stereocenters. The van der Waals surface area contributed by atoms with Gasteiger partial charge in [-0.15, -0.1) is 0 Å². The molecule has 1 saturated carbocycles. The molecule has 1 aromatic rings. The number of piperidine rings is 1. The van der Waals surface area contributed by atoms with Gasteiger partial charge in [0, 0.05) is 51.2 Å². The van der Waals surface area contributed by atoms with Crippen LogP contribution in [0.25, 0.3) is 0 Å². The predicted octanol–water partition coefficient (Wildman–Crippen LogP) is 2.39. The van der Waals surface area contributed by atoms with Gasteiger partial charge in [0.1, 0.15) is 0 Å². The minimum absolute atomic E-state index is 0.344. The van der Waals surface area contributed by atoms with Crippen LogP contribution in [0.15, 0.2) is 0 Å². The van der Waals surface area contributed by atoms with Gasteiger partial charge in [0.15, 0.2) is 0 Å². The fourth-order valence-electron chi connectivity index (χ4n) is 3.78. The van der Waals surface area contributed by atoms with Crippen LogP contribution in [0.3, 0.4) is 0 Å². The summed E-state index contributed by atoms with van der Waals surface area (Å²) in [5, 5.41) is 1.06. The van der Waals surface area contributed by atoms with Gasteiger partial charge in [-0.3, -0.25) is 0 Å². The van der Waals surface area contributed by atoms with Crippen LogP contribution in [0.1, 0.15) is 32.1 Å². The second-order valence-electron chi connectivity index (χ2n) is 6.28. The Labute approximate surface area is 125 Å². The number of anilines is 2. The molecular formula is C14H24N4OS. The molecule has 0 amide bonds. The molecule has 1 saturated heterocycles. The topological polar surface area (TPSA) is 41.5 Å². The highest BCUT2D eigenvalue weighted by atomic mass is 32.1. The maximum absolute atomic E-state index is 5.76. The minimum atomic E-state index is 0.344. The van der Waals surface area contributed by atoms with Gasteiger partial charge in [-0.1, -0.05) is 6.42 Å². The fraction of sp³-hybridized carbons (Fsp3) is 0.857. The normalized spacial score (nSPS) is 30.1. The van der Waals surface area contributed by atoms with Crippen LogP contribution >= 0.6 is 11.5 Å². The molecule has 0 bridgehead atoms. The van der Waals surface area contributed by atoms with Crippen molar-refractivity contribution in [2.24, 2.45) is 5.41 Å². The van der Waals surface area contributed by atoms with Gasteiger partial charge < -0.3 is 14.5 Å². The summed E-state index contributed by atoms with van der Waals surface area (Å²) in [7, 11) is 5.84. The van der Waals surface area contributed by atoms with Gasteiger partial charge in [0.05, 0.1) is 6.10 Å². The Kier molecular flexibility index (Phi) is 3.86. The summed E-state index contributed by atoms with van der Waals surface area (Å²) in [6.07, 6.45) is 6.75. The van der Waals surface area contributed by atoms with E-state index in [0.717, 1.165) is 24.2 Å². The summed E-state index contributed by atoms with van der Waals surface area (Å²) in [5.74, 6) is 0.819. The highest BCUT2D eigenvalue weighted by molar-refractivity contribution is 7.09. The highest BCUT2D eigenvalue weighted by Crippen LogP contribution is 2.47. The number of nitrogens with zero attached hydrogens (tertiary/aromatic N) is 4. The third-order valence-corrected chi connectivity index (χ3v) is 5.56. The molecule has 1 aliphatic carbocycles. The number of aromatic nitrogens is 2. The zero-order chi connectivity index (χ0) is 14.2. The third kappa shape index (κ3) is 2.39. The first kappa shape index (κ1) is 14.1. The molecule has 0 unspecified atom stereocenters. The SMILES string of the molecule is CO[C@@H]1CCC[C@]12CCCN(c1nc(N(C)C)ns1)C2. The maximum atomic E-state index is 5.76. The van der Waals surface area contributed by atoms with Crippen LogP contribution in [0.2, 0.25) is 0 Å². The molecule has 3 rings (SSSR count). The van der Waals surface area contributed by atoms with Crippen molar-refractivity contribution in [2.75, 3.05) is 44.1 Å². The quantitative estimate of drug-likeness (QED) is 0.856. The Morgan fingerprint density at radius 3 is 2.85 bits per heavy atom. The number of ether oxygens (including phenoxy) is 1. The Balaban J connectivity index is 1.77. The van der Waals surface area contributed by atoms with E-state index in [0.29, 0.717) is 11.5 Å². The number of hydrogen-bond acceptors (Lipinski definition) is 6. The van der Waals surface area contributed by atoms with Gasteiger partial charge in [-0.05, 0) is 25.7 Å². The first-order valence-electron chi connectivity index (χ1n) is 7.43. The Morgan fingerprint density at radius 1 is 1.35 bits per heavy atom. The smallest absolute Gasteiger partial charge is 0.238 e. The summed E-state index contributed by atoms with van der Waals surface area (Å²) in [6.45, 7) is 2.17. The molecule has 1 aromatic heterocycles. The molecule has 1 spiro atoms. The number of rotatable bonds is 3. The monoisotopic (exact) mass is 296 g/mol. The van der Waals surface area contributed by atoms with Crippen LogP contribution in [0, 0.1) is 5.41 Å². The predicted molar refractivity (Wildman–Crippen MR) is 82.8 cm³/mol. The summed E-state index contributed by atoms with van der Waals surface area (Å²) in [5.41, 5.74) is 0.344. The zero-order valence-electron chi connectivity index (χ0n) is 12.6. The number of hydrogen-bond donors (Lipinski definition) is 0. The molecule has 112 valence electrons. The van der Waals surface area contributed by atoms with E-state index in [9.17, 15) is 0 Å². The van der Waals surface area contributed by atoms with E-state index >= 15 is 0 Å². The van der Waals surface area contributed by atoms with Gasteiger partial charge >= 0.3 is 0 Å². The molecule has 0 aromatic carbocycles. The minimum Gasteiger partial charge on any atom is -0.381 e. The van der Waals surface area contributed by atoms with E-state index in [2.05, 4.69) is 14.3 Å². The Morgan fingerprint density at radius 2 is 2.15 bits per heavy atom. The fourth-order valence-corrected chi connectivity index (χ4v) is 4.54. The van der Waals surface area contributed by atoms with E-state index in [1.54, 1.807) is 0 Å². The van der Waals surface area contributed by atoms with Crippen LogP contribution in [0.4, 0.5) is 11.1 Å². The average molecular weight is 296 g/mol. The standard InChI is InChI=1S/C14H24N4OS/c1-17(2)12-15-13(20-16-12)18-9-5-8-14(10-18)7-4-6-11(14)19-3/h11H,4-10H2,1-3H3/t11-,14-/m1/s1. The van der Waals surface area contributed by atoms with E-state index in [-0.39, 0.29) is 0 Å². The van der Waals surface area contributed by atoms with Crippen molar-refractivity contribution in [3.63, 3.8) is 0 Å². The molecule has 2 aliphatic rings. The molecular weight excluding hydrogens is 272 g/mol. The van der Waals surface area contributed by atoms with Crippen molar-refractivity contribution in [1.82, 2.24) is 9.36 Å². The second-order valence-corrected chi connectivity index (χ2v) is 7.01. The Bertz CT molecular complexity index is 464.